The van der Waals surface area contributed by atoms with Crippen LogP contribution in [0, 0.1) is 0 Å². The largest absolute Gasteiger partial charge is 0.369 e. The zero-order valence-electron chi connectivity index (χ0n) is 8.98. The van der Waals surface area contributed by atoms with Crippen molar-refractivity contribution in [3.8, 4) is 0 Å². The molecule has 0 atom stereocenters. The first kappa shape index (κ1) is 9.71. The fraction of sp³-hybridized carbons (Fsp3) is 0.0909. The Hall–Kier alpha value is -2.50. The molecule has 0 aromatic carbocycles. The summed E-state index contributed by atoms with van der Waals surface area (Å²) in [6, 6.07) is 3.74. The molecule has 3 rings (SSSR count). The lowest BCUT2D eigenvalue weighted by atomic mass is 10.3. The van der Waals surface area contributed by atoms with Gasteiger partial charge in [0.25, 0.3) is 0 Å². The number of imidazole rings is 1. The van der Waals surface area contributed by atoms with Gasteiger partial charge in [-0.15, -0.1) is 0 Å². The van der Waals surface area contributed by atoms with Crippen molar-refractivity contribution in [1.29, 1.82) is 0 Å². The molecule has 0 saturated heterocycles. The van der Waals surface area contributed by atoms with Gasteiger partial charge in [-0.1, -0.05) is 0 Å². The number of hydrogen-bond acceptors (Lipinski definition) is 5. The van der Waals surface area contributed by atoms with Gasteiger partial charge in [0.2, 0.25) is 5.95 Å². The Balaban J connectivity index is 2.08. The molecule has 6 nitrogen and oxygen atoms in total. The Kier molecular flexibility index (Phi) is 2.18. The summed E-state index contributed by atoms with van der Waals surface area (Å²) in [5.74, 6) is 0.464. The molecule has 3 aromatic heterocycles. The molecule has 0 spiro atoms. The van der Waals surface area contributed by atoms with E-state index in [9.17, 15) is 0 Å². The van der Waals surface area contributed by atoms with E-state index in [0.717, 1.165) is 16.7 Å². The third-order valence-electron chi connectivity index (χ3n) is 2.54. The SMILES string of the molecule is Nc1nc2cnccc2n1Cc1ccncn1. The van der Waals surface area contributed by atoms with Gasteiger partial charge in [0.1, 0.15) is 11.8 Å². The predicted molar refractivity (Wildman–Crippen MR) is 63.1 cm³/mol. The molecule has 0 aliphatic heterocycles. The van der Waals surface area contributed by atoms with Crippen molar-refractivity contribution < 1.29 is 0 Å². The minimum Gasteiger partial charge on any atom is -0.369 e. The number of anilines is 1. The number of aromatic nitrogens is 5. The Labute approximate surface area is 97.2 Å². The number of fused-ring (bicyclic) bond motifs is 1. The van der Waals surface area contributed by atoms with Crippen molar-refractivity contribution in [1.82, 2.24) is 24.5 Å². The predicted octanol–water partition coefficient (Wildman–Crippen LogP) is 0.852. The second-order valence-electron chi connectivity index (χ2n) is 3.62. The normalized spacial score (nSPS) is 10.8. The average Bonchev–Trinajstić information content (AvgIpc) is 2.68. The Morgan fingerprint density at radius 3 is 2.88 bits per heavy atom. The molecule has 0 aliphatic carbocycles. The first-order valence-corrected chi connectivity index (χ1v) is 5.15. The number of nitrogens with two attached hydrogens (primary N) is 1. The van der Waals surface area contributed by atoms with Gasteiger partial charge in [-0.2, -0.15) is 0 Å². The van der Waals surface area contributed by atoms with Crippen LogP contribution in [0.25, 0.3) is 11.0 Å². The third-order valence-corrected chi connectivity index (χ3v) is 2.54. The highest BCUT2D eigenvalue weighted by Gasteiger charge is 2.08. The molecule has 3 aromatic rings. The molecule has 0 aliphatic rings. The minimum absolute atomic E-state index is 0.464. The molecule has 0 fully saturated rings. The maximum Gasteiger partial charge on any atom is 0.201 e. The van der Waals surface area contributed by atoms with Crippen molar-refractivity contribution in [3.05, 3.63) is 42.7 Å². The smallest absolute Gasteiger partial charge is 0.201 e. The molecular weight excluding hydrogens is 216 g/mol. The fourth-order valence-corrected chi connectivity index (χ4v) is 1.74. The summed E-state index contributed by atoms with van der Waals surface area (Å²) in [7, 11) is 0. The van der Waals surface area contributed by atoms with Crippen LogP contribution >= 0.6 is 0 Å². The second-order valence-corrected chi connectivity index (χ2v) is 3.62. The lowest BCUT2D eigenvalue weighted by Crippen LogP contribution is -2.05. The lowest BCUT2D eigenvalue weighted by molar-refractivity contribution is 0.803. The molecule has 0 amide bonds. The Morgan fingerprint density at radius 1 is 1.18 bits per heavy atom. The van der Waals surface area contributed by atoms with Gasteiger partial charge in [-0.25, -0.2) is 15.0 Å². The summed E-state index contributed by atoms with van der Waals surface area (Å²) in [6.45, 7) is 0.578. The molecule has 3 heterocycles. The zero-order valence-corrected chi connectivity index (χ0v) is 8.98. The van der Waals surface area contributed by atoms with Gasteiger partial charge >= 0.3 is 0 Å². The maximum absolute atomic E-state index is 5.88. The number of pyridine rings is 1. The molecule has 0 bridgehead atoms. The van der Waals surface area contributed by atoms with Gasteiger partial charge in [-0.3, -0.25) is 4.98 Å². The summed E-state index contributed by atoms with van der Waals surface area (Å²) in [5.41, 5.74) is 8.52. The molecule has 0 radical (unpaired) electrons. The number of nitrogens with zero attached hydrogens (tertiary/aromatic N) is 5. The van der Waals surface area contributed by atoms with E-state index < -0.39 is 0 Å². The van der Waals surface area contributed by atoms with Crippen molar-refractivity contribution in [2.75, 3.05) is 5.73 Å². The molecule has 17 heavy (non-hydrogen) atoms. The van der Waals surface area contributed by atoms with Gasteiger partial charge < -0.3 is 10.3 Å². The van der Waals surface area contributed by atoms with Crippen LogP contribution in [0.3, 0.4) is 0 Å². The standard InChI is InChI=1S/C11H10N6/c12-11-16-9-5-13-4-2-10(9)17(11)6-8-1-3-14-7-15-8/h1-5,7H,6H2,(H2,12,16). The Morgan fingerprint density at radius 2 is 2.06 bits per heavy atom. The van der Waals surface area contributed by atoms with E-state index in [4.69, 9.17) is 5.73 Å². The second kappa shape index (κ2) is 3.82. The monoisotopic (exact) mass is 226 g/mol. The van der Waals surface area contributed by atoms with E-state index in [1.807, 2.05) is 16.7 Å². The van der Waals surface area contributed by atoms with Gasteiger partial charge in [0.05, 0.1) is 24.0 Å². The fourth-order valence-electron chi connectivity index (χ4n) is 1.74. The van der Waals surface area contributed by atoms with Crippen LogP contribution < -0.4 is 5.73 Å². The van der Waals surface area contributed by atoms with E-state index >= 15 is 0 Å². The van der Waals surface area contributed by atoms with E-state index in [0.29, 0.717) is 12.5 Å². The maximum atomic E-state index is 5.88. The first-order chi connectivity index (χ1) is 8.34. The van der Waals surface area contributed by atoms with Crippen LogP contribution in [0.1, 0.15) is 5.69 Å². The summed E-state index contributed by atoms with van der Waals surface area (Å²) >= 11 is 0. The van der Waals surface area contributed by atoms with Crippen molar-refractivity contribution >= 4 is 17.0 Å². The van der Waals surface area contributed by atoms with Gasteiger partial charge in [0, 0.05) is 12.4 Å². The minimum atomic E-state index is 0.464. The van der Waals surface area contributed by atoms with Gasteiger partial charge in [-0.05, 0) is 12.1 Å². The molecule has 2 N–H and O–H groups in total. The number of nitrogen functional groups attached to an aromatic ring is 1. The summed E-state index contributed by atoms with van der Waals surface area (Å²) in [6.07, 6.45) is 6.65. The van der Waals surface area contributed by atoms with Crippen LogP contribution in [0.4, 0.5) is 5.95 Å². The van der Waals surface area contributed by atoms with Crippen molar-refractivity contribution in [2.24, 2.45) is 0 Å². The Bertz CT molecular complexity index is 645. The average molecular weight is 226 g/mol. The van der Waals surface area contributed by atoms with Crippen LogP contribution in [-0.2, 0) is 6.54 Å². The number of hydrogen-bond donors (Lipinski definition) is 1. The highest BCUT2D eigenvalue weighted by Crippen LogP contribution is 2.17. The summed E-state index contributed by atoms with van der Waals surface area (Å²) in [5, 5.41) is 0. The highest BCUT2D eigenvalue weighted by atomic mass is 15.2. The van der Waals surface area contributed by atoms with Crippen molar-refractivity contribution in [3.63, 3.8) is 0 Å². The zero-order chi connectivity index (χ0) is 11.7. The molecule has 0 saturated carbocycles. The van der Waals surface area contributed by atoms with Crippen LogP contribution in [0.5, 0.6) is 0 Å². The number of rotatable bonds is 2. The first-order valence-electron chi connectivity index (χ1n) is 5.15. The molecular formula is C11H10N6. The van der Waals surface area contributed by atoms with Crippen LogP contribution in [0.2, 0.25) is 0 Å². The summed E-state index contributed by atoms with van der Waals surface area (Å²) in [4.78, 5) is 16.3. The molecule has 84 valence electrons. The van der Waals surface area contributed by atoms with Crippen LogP contribution in [0.15, 0.2) is 37.1 Å². The van der Waals surface area contributed by atoms with Gasteiger partial charge in [0.15, 0.2) is 0 Å². The lowest BCUT2D eigenvalue weighted by Gasteiger charge is -2.04. The molecule has 0 unspecified atom stereocenters. The quantitative estimate of drug-likeness (QED) is 0.700. The third kappa shape index (κ3) is 1.69. The van der Waals surface area contributed by atoms with Crippen molar-refractivity contribution in [2.45, 2.75) is 6.54 Å². The van der Waals surface area contributed by atoms with E-state index in [1.165, 1.54) is 6.33 Å². The van der Waals surface area contributed by atoms with E-state index in [-0.39, 0.29) is 0 Å². The van der Waals surface area contributed by atoms with Crippen LogP contribution in [-0.4, -0.2) is 24.5 Å². The highest BCUT2D eigenvalue weighted by molar-refractivity contribution is 5.77. The van der Waals surface area contributed by atoms with E-state index in [2.05, 4.69) is 19.9 Å². The molecule has 6 heteroatoms. The topological polar surface area (TPSA) is 82.5 Å². The summed E-state index contributed by atoms with van der Waals surface area (Å²) < 4.78 is 1.90. The van der Waals surface area contributed by atoms with E-state index in [1.54, 1.807) is 18.6 Å².